The molecule has 0 atom stereocenters. The second-order valence-electron chi connectivity index (χ2n) is 4.38. The summed E-state index contributed by atoms with van der Waals surface area (Å²) >= 11 is 1.64. The summed E-state index contributed by atoms with van der Waals surface area (Å²) in [5, 5.41) is 13.0. The smallest absolute Gasteiger partial charge is 0.236 e. The molecule has 0 saturated heterocycles. The number of carbonyl (C=O) groups excluding carboxylic acids is 1. The number of carbonyl (C=O) groups is 1. The first-order valence-electron chi connectivity index (χ1n) is 6.25. The first kappa shape index (κ1) is 15.1. The number of aliphatic hydroxyl groups excluding tert-OH is 1. The van der Waals surface area contributed by atoms with Gasteiger partial charge in [0.15, 0.2) is 0 Å². The third kappa shape index (κ3) is 5.16. The topological polar surface area (TPSA) is 43.8 Å². The van der Waals surface area contributed by atoms with E-state index in [2.05, 4.69) is 12.3 Å². The Labute approximate surface area is 113 Å². The Morgan fingerprint density at radius 2 is 2.22 bits per heavy atom. The highest BCUT2D eigenvalue weighted by Gasteiger charge is 2.13. The molecule has 1 amide bonds. The maximum Gasteiger partial charge on any atom is 0.236 e. The third-order valence-corrected chi connectivity index (χ3v) is 3.47. The monoisotopic (exact) mass is 270 g/mol. The van der Waals surface area contributed by atoms with Crippen LogP contribution in [0.3, 0.4) is 0 Å². The van der Waals surface area contributed by atoms with Gasteiger partial charge in [-0.3, -0.25) is 9.69 Å². The van der Waals surface area contributed by atoms with Gasteiger partial charge in [-0.05, 0) is 35.4 Å². The third-order valence-electron chi connectivity index (χ3n) is 2.74. The van der Waals surface area contributed by atoms with Crippen LogP contribution in [0.2, 0.25) is 0 Å². The second kappa shape index (κ2) is 8.24. The summed E-state index contributed by atoms with van der Waals surface area (Å²) in [6.07, 6.45) is 0.988. The van der Waals surface area contributed by atoms with Crippen molar-refractivity contribution in [3.05, 3.63) is 22.4 Å². The van der Waals surface area contributed by atoms with Gasteiger partial charge in [0.05, 0.1) is 13.2 Å². The van der Waals surface area contributed by atoms with Crippen molar-refractivity contribution in [2.24, 2.45) is 0 Å². The minimum atomic E-state index is 0.0987. The van der Waals surface area contributed by atoms with Crippen LogP contribution < -0.4 is 0 Å². The standard InChI is InChI=1S/C13H22N2O2S/c1-3-5-15(6-7-16)10-13(17)14(2)9-12-4-8-18-11-12/h4,8,11,16H,3,5-7,9-10H2,1-2H3. The van der Waals surface area contributed by atoms with E-state index in [1.165, 1.54) is 5.56 Å². The molecule has 0 bridgehead atoms. The molecule has 102 valence electrons. The van der Waals surface area contributed by atoms with E-state index >= 15 is 0 Å². The van der Waals surface area contributed by atoms with Gasteiger partial charge in [-0.25, -0.2) is 0 Å². The first-order valence-corrected chi connectivity index (χ1v) is 7.20. The molecule has 0 spiro atoms. The summed E-state index contributed by atoms with van der Waals surface area (Å²) in [5.41, 5.74) is 1.17. The van der Waals surface area contributed by atoms with Crippen molar-refractivity contribution < 1.29 is 9.90 Å². The van der Waals surface area contributed by atoms with Gasteiger partial charge in [-0.15, -0.1) is 0 Å². The molecule has 5 heteroatoms. The number of hydrogen-bond acceptors (Lipinski definition) is 4. The fourth-order valence-corrected chi connectivity index (χ4v) is 2.44. The Morgan fingerprint density at radius 1 is 1.44 bits per heavy atom. The van der Waals surface area contributed by atoms with E-state index < -0.39 is 0 Å². The van der Waals surface area contributed by atoms with E-state index in [9.17, 15) is 4.79 Å². The van der Waals surface area contributed by atoms with Crippen LogP contribution in [0.5, 0.6) is 0 Å². The van der Waals surface area contributed by atoms with Gasteiger partial charge in [0.1, 0.15) is 0 Å². The van der Waals surface area contributed by atoms with Crippen molar-refractivity contribution in [2.75, 3.05) is 33.3 Å². The molecule has 18 heavy (non-hydrogen) atoms. The van der Waals surface area contributed by atoms with Gasteiger partial charge >= 0.3 is 0 Å². The average molecular weight is 270 g/mol. The number of amides is 1. The summed E-state index contributed by atoms with van der Waals surface area (Å²) in [6.45, 7) is 4.62. The second-order valence-corrected chi connectivity index (χ2v) is 5.16. The zero-order valence-corrected chi connectivity index (χ0v) is 11.9. The maximum atomic E-state index is 12.0. The molecular formula is C13H22N2O2S. The molecular weight excluding hydrogens is 248 g/mol. The fraction of sp³-hybridized carbons (Fsp3) is 0.615. The van der Waals surface area contributed by atoms with Crippen LogP contribution >= 0.6 is 11.3 Å². The zero-order valence-electron chi connectivity index (χ0n) is 11.1. The van der Waals surface area contributed by atoms with E-state index in [4.69, 9.17) is 5.11 Å². The molecule has 1 heterocycles. The Bertz CT molecular complexity index is 335. The minimum absolute atomic E-state index is 0.0987. The summed E-state index contributed by atoms with van der Waals surface area (Å²) < 4.78 is 0. The minimum Gasteiger partial charge on any atom is -0.395 e. The lowest BCUT2D eigenvalue weighted by atomic mass is 10.3. The maximum absolute atomic E-state index is 12.0. The Balaban J connectivity index is 2.42. The number of aliphatic hydroxyl groups is 1. The Kier molecular flexibility index (Phi) is 6.93. The van der Waals surface area contributed by atoms with Crippen LogP contribution in [0.4, 0.5) is 0 Å². The number of hydrogen-bond donors (Lipinski definition) is 1. The molecule has 1 aromatic heterocycles. The van der Waals surface area contributed by atoms with Crippen molar-refractivity contribution in [3.63, 3.8) is 0 Å². The molecule has 0 aliphatic rings. The van der Waals surface area contributed by atoms with Crippen molar-refractivity contribution in [1.82, 2.24) is 9.80 Å². The Morgan fingerprint density at radius 3 is 2.78 bits per heavy atom. The number of nitrogens with zero attached hydrogens (tertiary/aromatic N) is 2. The molecule has 0 fully saturated rings. The first-order chi connectivity index (χ1) is 8.67. The fourth-order valence-electron chi connectivity index (χ4n) is 1.78. The number of likely N-dealkylation sites (N-methyl/N-ethyl adjacent to an activating group) is 1. The molecule has 0 saturated carbocycles. The zero-order chi connectivity index (χ0) is 13.4. The van der Waals surface area contributed by atoms with Crippen LogP contribution in [0.15, 0.2) is 16.8 Å². The molecule has 0 unspecified atom stereocenters. The summed E-state index contributed by atoms with van der Waals surface area (Å²) in [5.74, 6) is 0.100. The molecule has 0 radical (unpaired) electrons. The molecule has 4 nitrogen and oxygen atoms in total. The normalized spacial score (nSPS) is 10.9. The van der Waals surface area contributed by atoms with Gasteiger partial charge in [0.25, 0.3) is 0 Å². The van der Waals surface area contributed by atoms with Crippen LogP contribution in [-0.4, -0.2) is 54.1 Å². The van der Waals surface area contributed by atoms with E-state index in [0.29, 0.717) is 19.6 Å². The molecule has 1 aromatic rings. The lowest BCUT2D eigenvalue weighted by molar-refractivity contribution is -0.131. The SMILES string of the molecule is CCCN(CCO)CC(=O)N(C)Cc1ccsc1. The van der Waals surface area contributed by atoms with E-state index in [-0.39, 0.29) is 12.5 Å². The van der Waals surface area contributed by atoms with Gasteiger partial charge in [-0.1, -0.05) is 6.92 Å². The van der Waals surface area contributed by atoms with Gasteiger partial charge in [0, 0.05) is 20.1 Å². The molecule has 0 aliphatic carbocycles. The van der Waals surface area contributed by atoms with Crippen LogP contribution in [-0.2, 0) is 11.3 Å². The van der Waals surface area contributed by atoms with Crippen molar-refractivity contribution in [3.8, 4) is 0 Å². The van der Waals surface area contributed by atoms with Gasteiger partial charge < -0.3 is 10.0 Å². The van der Waals surface area contributed by atoms with Crippen molar-refractivity contribution in [2.45, 2.75) is 19.9 Å². The van der Waals surface area contributed by atoms with Crippen molar-refractivity contribution >= 4 is 17.2 Å². The lowest BCUT2D eigenvalue weighted by Gasteiger charge is -2.23. The van der Waals surface area contributed by atoms with E-state index in [0.717, 1.165) is 13.0 Å². The van der Waals surface area contributed by atoms with E-state index in [1.54, 1.807) is 16.2 Å². The summed E-state index contributed by atoms with van der Waals surface area (Å²) in [6, 6.07) is 2.03. The highest BCUT2D eigenvalue weighted by atomic mass is 32.1. The molecule has 1 rings (SSSR count). The predicted octanol–water partition coefficient (Wildman–Crippen LogP) is 1.41. The quantitative estimate of drug-likeness (QED) is 0.777. The van der Waals surface area contributed by atoms with Crippen LogP contribution in [0.1, 0.15) is 18.9 Å². The van der Waals surface area contributed by atoms with Gasteiger partial charge in [-0.2, -0.15) is 11.3 Å². The largest absolute Gasteiger partial charge is 0.395 e. The molecule has 1 N–H and O–H groups in total. The summed E-state index contributed by atoms with van der Waals surface area (Å²) in [4.78, 5) is 15.8. The van der Waals surface area contributed by atoms with Gasteiger partial charge in [0.2, 0.25) is 5.91 Å². The van der Waals surface area contributed by atoms with Crippen LogP contribution in [0, 0.1) is 0 Å². The van der Waals surface area contributed by atoms with E-state index in [1.807, 2.05) is 23.4 Å². The van der Waals surface area contributed by atoms with Crippen molar-refractivity contribution in [1.29, 1.82) is 0 Å². The highest BCUT2D eigenvalue weighted by Crippen LogP contribution is 2.08. The lowest BCUT2D eigenvalue weighted by Crippen LogP contribution is -2.39. The predicted molar refractivity (Wildman–Crippen MR) is 74.6 cm³/mol. The highest BCUT2D eigenvalue weighted by molar-refractivity contribution is 7.07. The number of rotatable bonds is 8. The molecule has 0 aromatic carbocycles. The summed E-state index contributed by atoms with van der Waals surface area (Å²) in [7, 11) is 1.82. The molecule has 0 aliphatic heterocycles. The Hall–Kier alpha value is -0.910. The number of thiophene rings is 1. The van der Waals surface area contributed by atoms with Crippen LogP contribution in [0.25, 0.3) is 0 Å². The average Bonchev–Trinajstić information content (AvgIpc) is 2.82.